The van der Waals surface area contributed by atoms with E-state index in [0.29, 0.717) is 30.6 Å². The molecule has 1 aliphatic heterocycles. The first-order valence-corrected chi connectivity index (χ1v) is 9.48. The Morgan fingerprint density at radius 3 is 2.64 bits per heavy atom. The number of fused-ring (bicyclic) bond motifs is 1. The largest absolute Gasteiger partial charge is 0.365 e. The summed E-state index contributed by atoms with van der Waals surface area (Å²) in [5.41, 5.74) is 3.29. The van der Waals surface area contributed by atoms with Crippen LogP contribution in [0.2, 0.25) is 0 Å². The zero-order valence-electron chi connectivity index (χ0n) is 14.5. The summed E-state index contributed by atoms with van der Waals surface area (Å²) < 4.78 is 27.6. The summed E-state index contributed by atoms with van der Waals surface area (Å²) in [5, 5.41) is 4.06. The first-order chi connectivity index (χ1) is 13.7. The van der Waals surface area contributed by atoms with Gasteiger partial charge in [-0.3, -0.25) is 0 Å². The van der Waals surface area contributed by atoms with E-state index in [-0.39, 0.29) is 11.9 Å². The highest BCUT2D eigenvalue weighted by Crippen LogP contribution is 2.32. The lowest BCUT2D eigenvalue weighted by atomic mass is 10.1. The van der Waals surface area contributed by atoms with Crippen molar-refractivity contribution in [3.63, 3.8) is 0 Å². The van der Waals surface area contributed by atoms with Crippen LogP contribution in [0, 0.1) is 5.82 Å². The Bertz CT molecular complexity index is 1120. The molecular formula is C20H14BrFN4O2. The Morgan fingerprint density at radius 1 is 1.07 bits per heavy atom. The summed E-state index contributed by atoms with van der Waals surface area (Å²) >= 11 is 3.41. The minimum atomic E-state index is -0.261. The number of hydrogen-bond donors (Lipinski definition) is 0. The average Bonchev–Trinajstić information content (AvgIpc) is 3.35. The number of hydrogen-bond acceptors (Lipinski definition) is 5. The molecule has 0 bridgehead atoms. The summed E-state index contributed by atoms with van der Waals surface area (Å²) in [6.45, 7) is 0.940. The molecule has 28 heavy (non-hydrogen) atoms. The molecule has 4 aromatic rings. The Kier molecular flexibility index (Phi) is 4.29. The van der Waals surface area contributed by atoms with Gasteiger partial charge in [-0.2, -0.15) is 4.98 Å². The van der Waals surface area contributed by atoms with Crippen LogP contribution in [0.15, 0.2) is 63.9 Å². The predicted molar refractivity (Wildman–Crippen MR) is 103 cm³/mol. The fraction of sp³-hybridized carbons (Fsp3) is 0.150. The number of ether oxygens (including phenoxy) is 1. The monoisotopic (exact) mass is 440 g/mol. The average molecular weight is 441 g/mol. The maximum atomic E-state index is 13.1. The second kappa shape index (κ2) is 6.96. The van der Waals surface area contributed by atoms with Gasteiger partial charge in [-0.1, -0.05) is 33.2 Å². The third kappa shape index (κ3) is 3.14. The SMILES string of the molecule is Fc1ccc([C@@H]2Cn3cnc(-c4nc(-c5ccc(Br)cc5)no4)c3CO2)cc1. The van der Waals surface area contributed by atoms with Gasteiger partial charge < -0.3 is 13.8 Å². The van der Waals surface area contributed by atoms with Crippen LogP contribution in [0.5, 0.6) is 0 Å². The Morgan fingerprint density at radius 2 is 1.86 bits per heavy atom. The summed E-state index contributed by atoms with van der Waals surface area (Å²) in [5.74, 6) is 0.601. The van der Waals surface area contributed by atoms with Gasteiger partial charge in [0.2, 0.25) is 5.82 Å². The Balaban J connectivity index is 1.41. The Labute approximate surface area is 168 Å². The number of aromatic nitrogens is 4. The first-order valence-electron chi connectivity index (χ1n) is 8.68. The van der Waals surface area contributed by atoms with Crippen molar-refractivity contribution in [1.82, 2.24) is 19.7 Å². The van der Waals surface area contributed by atoms with Gasteiger partial charge in [0.15, 0.2) is 5.69 Å². The van der Waals surface area contributed by atoms with Crippen LogP contribution in [-0.4, -0.2) is 19.7 Å². The van der Waals surface area contributed by atoms with Gasteiger partial charge >= 0.3 is 0 Å². The van der Waals surface area contributed by atoms with Gasteiger partial charge in [0.25, 0.3) is 5.89 Å². The van der Waals surface area contributed by atoms with Crippen LogP contribution in [0.3, 0.4) is 0 Å². The van der Waals surface area contributed by atoms with Gasteiger partial charge in [-0.05, 0) is 42.0 Å². The van der Waals surface area contributed by atoms with Crippen molar-refractivity contribution in [2.45, 2.75) is 19.3 Å². The van der Waals surface area contributed by atoms with E-state index < -0.39 is 0 Å². The first kappa shape index (κ1) is 17.3. The van der Waals surface area contributed by atoms with Crippen molar-refractivity contribution in [3.8, 4) is 23.0 Å². The second-order valence-electron chi connectivity index (χ2n) is 6.47. The zero-order chi connectivity index (χ0) is 19.1. The fourth-order valence-electron chi connectivity index (χ4n) is 3.22. The molecule has 8 heteroatoms. The van der Waals surface area contributed by atoms with E-state index in [1.165, 1.54) is 12.1 Å². The van der Waals surface area contributed by atoms with Crippen LogP contribution in [0.1, 0.15) is 17.4 Å². The van der Waals surface area contributed by atoms with Crippen LogP contribution in [0.4, 0.5) is 4.39 Å². The summed E-state index contributed by atoms with van der Waals surface area (Å²) in [6, 6.07) is 14.0. The second-order valence-corrected chi connectivity index (χ2v) is 7.39. The maximum Gasteiger partial charge on any atom is 0.278 e. The summed E-state index contributed by atoms with van der Waals surface area (Å²) in [7, 11) is 0. The van der Waals surface area contributed by atoms with Crippen LogP contribution >= 0.6 is 15.9 Å². The Hall–Kier alpha value is -2.84. The molecule has 140 valence electrons. The van der Waals surface area contributed by atoms with Crippen molar-refractivity contribution in [2.75, 3.05) is 0 Å². The van der Waals surface area contributed by atoms with E-state index in [9.17, 15) is 4.39 Å². The summed E-state index contributed by atoms with van der Waals surface area (Å²) in [4.78, 5) is 8.93. The molecule has 0 unspecified atom stereocenters. The van der Waals surface area contributed by atoms with E-state index in [1.54, 1.807) is 18.5 Å². The molecule has 1 aliphatic rings. The molecule has 0 fully saturated rings. The van der Waals surface area contributed by atoms with E-state index in [4.69, 9.17) is 9.26 Å². The fourth-order valence-corrected chi connectivity index (χ4v) is 3.49. The van der Waals surface area contributed by atoms with E-state index in [0.717, 1.165) is 21.3 Å². The minimum Gasteiger partial charge on any atom is -0.365 e. The van der Waals surface area contributed by atoms with Gasteiger partial charge in [-0.15, -0.1) is 0 Å². The third-order valence-electron chi connectivity index (χ3n) is 4.70. The minimum absolute atomic E-state index is 0.156. The lowest BCUT2D eigenvalue weighted by Crippen LogP contribution is -2.20. The van der Waals surface area contributed by atoms with Crippen molar-refractivity contribution >= 4 is 15.9 Å². The molecule has 0 saturated carbocycles. The molecule has 1 atom stereocenters. The van der Waals surface area contributed by atoms with Crippen molar-refractivity contribution in [3.05, 3.63) is 76.4 Å². The number of nitrogens with zero attached hydrogens (tertiary/aromatic N) is 4. The van der Waals surface area contributed by atoms with Crippen molar-refractivity contribution < 1.29 is 13.7 Å². The number of imidazole rings is 1. The molecule has 3 heterocycles. The lowest BCUT2D eigenvalue weighted by molar-refractivity contribution is 0.00326. The van der Waals surface area contributed by atoms with Crippen LogP contribution < -0.4 is 0 Å². The maximum absolute atomic E-state index is 13.1. The third-order valence-corrected chi connectivity index (χ3v) is 5.23. The molecule has 0 radical (unpaired) electrons. The van der Waals surface area contributed by atoms with Gasteiger partial charge in [0, 0.05) is 10.0 Å². The van der Waals surface area contributed by atoms with E-state index in [1.807, 2.05) is 28.8 Å². The molecule has 2 aromatic heterocycles. The molecule has 0 spiro atoms. The van der Waals surface area contributed by atoms with Crippen LogP contribution in [-0.2, 0) is 17.9 Å². The molecule has 5 rings (SSSR count). The van der Waals surface area contributed by atoms with Gasteiger partial charge in [-0.25, -0.2) is 9.37 Å². The normalized spacial score (nSPS) is 16.1. The van der Waals surface area contributed by atoms with Gasteiger partial charge in [0.05, 0.1) is 25.2 Å². The molecule has 6 nitrogen and oxygen atoms in total. The molecule has 0 aliphatic carbocycles. The number of halogens is 2. The smallest absolute Gasteiger partial charge is 0.278 e. The van der Waals surface area contributed by atoms with Crippen LogP contribution in [0.25, 0.3) is 23.0 Å². The predicted octanol–water partition coefficient (Wildman–Crippen LogP) is 4.77. The zero-order valence-corrected chi connectivity index (χ0v) is 16.1. The molecule has 0 saturated heterocycles. The van der Waals surface area contributed by atoms with E-state index >= 15 is 0 Å². The number of rotatable bonds is 3. The number of benzene rings is 2. The highest BCUT2D eigenvalue weighted by molar-refractivity contribution is 9.10. The van der Waals surface area contributed by atoms with E-state index in [2.05, 4.69) is 31.1 Å². The highest BCUT2D eigenvalue weighted by atomic mass is 79.9. The quantitative estimate of drug-likeness (QED) is 0.458. The summed E-state index contributed by atoms with van der Waals surface area (Å²) in [6.07, 6.45) is 1.59. The van der Waals surface area contributed by atoms with Crippen molar-refractivity contribution in [1.29, 1.82) is 0 Å². The molecule has 0 N–H and O–H groups in total. The molecule has 0 amide bonds. The molecule has 2 aromatic carbocycles. The lowest BCUT2D eigenvalue weighted by Gasteiger charge is -2.25. The molecular weight excluding hydrogens is 427 g/mol. The highest BCUT2D eigenvalue weighted by Gasteiger charge is 2.26. The van der Waals surface area contributed by atoms with Crippen molar-refractivity contribution in [2.24, 2.45) is 0 Å². The topological polar surface area (TPSA) is 66.0 Å². The standard InChI is InChI=1S/C20H14BrFN4O2/c21-14-5-1-13(2-6-14)19-24-20(28-25-19)18-16-10-27-17(9-26(16)11-23-18)12-3-7-15(22)8-4-12/h1-8,11,17H,9-10H2/t17-/m0/s1. The van der Waals surface area contributed by atoms with Gasteiger partial charge in [0.1, 0.15) is 11.9 Å².